The largest absolute Gasteiger partial charge is 0.350 e. The lowest BCUT2D eigenvalue weighted by atomic mass is 10.0. The summed E-state index contributed by atoms with van der Waals surface area (Å²) in [7, 11) is 0. The van der Waals surface area contributed by atoms with Crippen molar-refractivity contribution in [2.45, 2.75) is 52.7 Å². The molecule has 0 spiro atoms. The third-order valence-electron chi connectivity index (χ3n) is 4.40. The van der Waals surface area contributed by atoms with Crippen molar-refractivity contribution < 1.29 is 9.59 Å². The standard InChI is InChI=1S/C19H29N3O2/c1-14(2)18(21-15(3)23)19(24)20-12-16-6-8-17(9-7-16)13-22-10-4-5-11-22/h6-9,14,18H,4-5,10-13H2,1-3H3,(H,20,24)(H,21,23)/t18-/m0/s1. The highest BCUT2D eigenvalue weighted by molar-refractivity contribution is 5.86. The van der Waals surface area contributed by atoms with Crippen LogP contribution in [0.25, 0.3) is 0 Å². The molecule has 1 saturated heterocycles. The van der Waals surface area contributed by atoms with Gasteiger partial charge in [0.1, 0.15) is 6.04 Å². The molecule has 1 aromatic carbocycles. The molecule has 2 rings (SSSR count). The fourth-order valence-corrected chi connectivity index (χ4v) is 3.01. The topological polar surface area (TPSA) is 61.4 Å². The molecule has 1 heterocycles. The Morgan fingerprint density at radius 1 is 1.08 bits per heavy atom. The number of likely N-dealkylation sites (tertiary alicyclic amines) is 1. The summed E-state index contributed by atoms with van der Waals surface area (Å²) in [4.78, 5) is 25.9. The molecule has 0 radical (unpaired) electrons. The summed E-state index contributed by atoms with van der Waals surface area (Å²) >= 11 is 0. The number of hydrogen-bond acceptors (Lipinski definition) is 3. The van der Waals surface area contributed by atoms with Gasteiger partial charge in [0.15, 0.2) is 0 Å². The van der Waals surface area contributed by atoms with Crippen LogP contribution in [0.3, 0.4) is 0 Å². The predicted octanol–water partition coefficient (Wildman–Crippen LogP) is 2.06. The van der Waals surface area contributed by atoms with Crippen LogP contribution in [0, 0.1) is 5.92 Å². The molecule has 24 heavy (non-hydrogen) atoms. The number of nitrogens with zero attached hydrogens (tertiary/aromatic N) is 1. The van der Waals surface area contributed by atoms with Crippen LogP contribution in [0.15, 0.2) is 24.3 Å². The first-order valence-corrected chi connectivity index (χ1v) is 8.80. The molecule has 2 amide bonds. The molecular formula is C19H29N3O2. The van der Waals surface area contributed by atoms with Crippen LogP contribution < -0.4 is 10.6 Å². The second-order valence-corrected chi connectivity index (χ2v) is 6.94. The molecule has 0 aliphatic carbocycles. The Balaban J connectivity index is 1.84. The minimum atomic E-state index is -0.489. The Kier molecular flexibility index (Phi) is 6.79. The number of benzene rings is 1. The molecule has 0 aromatic heterocycles. The summed E-state index contributed by atoms with van der Waals surface area (Å²) in [5.74, 6) is -0.270. The van der Waals surface area contributed by atoms with E-state index in [1.54, 1.807) is 0 Å². The van der Waals surface area contributed by atoms with Gasteiger partial charge in [-0.3, -0.25) is 14.5 Å². The highest BCUT2D eigenvalue weighted by Gasteiger charge is 2.22. The molecule has 1 fully saturated rings. The molecule has 2 N–H and O–H groups in total. The smallest absolute Gasteiger partial charge is 0.243 e. The van der Waals surface area contributed by atoms with Crippen molar-refractivity contribution in [2.75, 3.05) is 13.1 Å². The summed E-state index contributed by atoms with van der Waals surface area (Å²) in [5, 5.41) is 5.62. The van der Waals surface area contributed by atoms with Crippen LogP contribution in [0.4, 0.5) is 0 Å². The lowest BCUT2D eigenvalue weighted by Crippen LogP contribution is -2.48. The summed E-state index contributed by atoms with van der Waals surface area (Å²) in [6, 6.07) is 7.90. The van der Waals surface area contributed by atoms with Gasteiger partial charge in [0.2, 0.25) is 11.8 Å². The van der Waals surface area contributed by atoms with Crippen LogP contribution in [0.2, 0.25) is 0 Å². The number of nitrogens with one attached hydrogen (secondary N) is 2. The van der Waals surface area contributed by atoms with Crippen LogP contribution in [0.1, 0.15) is 44.7 Å². The zero-order chi connectivity index (χ0) is 17.5. The van der Waals surface area contributed by atoms with Gasteiger partial charge in [-0.15, -0.1) is 0 Å². The maximum Gasteiger partial charge on any atom is 0.243 e. The van der Waals surface area contributed by atoms with E-state index in [0.29, 0.717) is 6.54 Å². The molecule has 132 valence electrons. The van der Waals surface area contributed by atoms with Crippen molar-refractivity contribution in [1.29, 1.82) is 0 Å². The molecule has 5 heteroatoms. The maximum atomic E-state index is 12.3. The van der Waals surface area contributed by atoms with Gasteiger partial charge in [-0.25, -0.2) is 0 Å². The molecular weight excluding hydrogens is 302 g/mol. The quantitative estimate of drug-likeness (QED) is 0.804. The van der Waals surface area contributed by atoms with E-state index >= 15 is 0 Å². The van der Waals surface area contributed by atoms with Gasteiger partial charge in [-0.2, -0.15) is 0 Å². The van der Waals surface area contributed by atoms with E-state index in [2.05, 4.69) is 39.8 Å². The van der Waals surface area contributed by atoms with Crippen molar-refractivity contribution >= 4 is 11.8 Å². The minimum absolute atomic E-state index is 0.0525. The fourth-order valence-electron chi connectivity index (χ4n) is 3.01. The van der Waals surface area contributed by atoms with Gasteiger partial charge in [0.25, 0.3) is 0 Å². The second kappa shape index (κ2) is 8.83. The SMILES string of the molecule is CC(=O)N[C@H](C(=O)NCc1ccc(CN2CCCC2)cc1)C(C)C. The third kappa shape index (κ3) is 5.64. The highest BCUT2D eigenvalue weighted by atomic mass is 16.2. The van der Waals surface area contributed by atoms with Crippen LogP contribution >= 0.6 is 0 Å². The van der Waals surface area contributed by atoms with E-state index in [0.717, 1.165) is 12.1 Å². The van der Waals surface area contributed by atoms with Crippen LogP contribution in [0.5, 0.6) is 0 Å². The Morgan fingerprint density at radius 2 is 1.67 bits per heavy atom. The van der Waals surface area contributed by atoms with E-state index in [1.807, 2.05) is 13.8 Å². The van der Waals surface area contributed by atoms with Gasteiger partial charge in [0.05, 0.1) is 0 Å². The van der Waals surface area contributed by atoms with E-state index in [1.165, 1.54) is 38.4 Å². The van der Waals surface area contributed by atoms with Gasteiger partial charge in [-0.05, 0) is 43.0 Å². The summed E-state index contributed by atoms with van der Waals surface area (Å²) in [6.45, 7) is 9.15. The lowest BCUT2D eigenvalue weighted by molar-refractivity contribution is -0.129. The number of rotatable bonds is 7. The Morgan fingerprint density at radius 3 is 2.21 bits per heavy atom. The van der Waals surface area contributed by atoms with E-state index in [4.69, 9.17) is 0 Å². The summed E-state index contributed by atoms with van der Waals surface area (Å²) < 4.78 is 0. The first kappa shape index (κ1) is 18.5. The Bertz CT molecular complexity index is 548. The van der Waals surface area contributed by atoms with E-state index < -0.39 is 6.04 Å². The van der Waals surface area contributed by atoms with Gasteiger partial charge in [0, 0.05) is 20.0 Å². The minimum Gasteiger partial charge on any atom is -0.350 e. The van der Waals surface area contributed by atoms with Crippen molar-refractivity contribution in [3.63, 3.8) is 0 Å². The van der Waals surface area contributed by atoms with E-state index in [-0.39, 0.29) is 17.7 Å². The molecule has 1 aliphatic heterocycles. The number of carbonyl (C=O) groups excluding carboxylic acids is 2. The van der Waals surface area contributed by atoms with Gasteiger partial charge in [-0.1, -0.05) is 38.1 Å². The van der Waals surface area contributed by atoms with Gasteiger partial charge >= 0.3 is 0 Å². The number of amides is 2. The normalized spacial score (nSPS) is 16.2. The fraction of sp³-hybridized carbons (Fsp3) is 0.579. The average Bonchev–Trinajstić information content (AvgIpc) is 3.04. The molecule has 1 aliphatic rings. The van der Waals surface area contributed by atoms with Crippen molar-refractivity contribution in [3.05, 3.63) is 35.4 Å². The Labute approximate surface area is 144 Å². The average molecular weight is 331 g/mol. The number of hydrogen-bond donors (Lipinski definition) is 2. The first-order chi connectivity index (χ1) is 11.5. The molecule has 5 nitrogen and oxygen atoms in total. The maximum absolute atomic E-state index is 12.3. The van der Waals surface area contributed by atoms with Crippen LogP contribution in [-0.4, -0.2) is 35.8 Å². The first-order valence-electron chi connectivity index (χ1n) is 8.80. The van der Waals surface area contributed by atoms with E-state index in [9.17, 15) is 9.59 Å². The summed E-state index contributed by atoms with van der Waals surface area (Å²) in [6.07, 6.45) is 2.60. The van der Waals surface area contributed by atoms with Crippen LogP contribution in [-0.2, 0) is 22.7 Å². The zero-order valence-electron chi connectivity index (χ0n) is 15.0. The molecule has 0 unspecified atom stereocenters. The number of carbonyl (C=O) groups is 2. The third-order valence-corrected chi connectivity index (χ3v) is 4.40. The lowest BCUT2D eigenvalue weighted by Gasteiger charge is -2.21. The predicted molar refractivity (Wildman–Crippen MR) is 95.2 cm³/mol. The van der Waals surface area contributed by atoms with Crippen molar-refractivity contribution in [2.24, 2.45) is 5.92 Å². The molecule has 0 saturated carbocycles. The zero-order valence-corrected chi connectivity index (χ0v) is 15.0. The monoisotopic (exact) mass is 331 g/mol. The molecule has 1 aromatic rings. The molecule has 0 bridgehead atoms. The molecule has 1 atom stereocenters. The van der Waals surface area contributed by atoms with Crippen molar-refractivity contribution in [3.8, 4) is 0 Å². The van der Waals surface area contributed by atoms with Crippen molar-refractivity contribution in [1.82, 2.24) is 15.5 Å². The highest BCUT2D eigenvalue weighted by Crippen LogP contribution is 2.13. The van der Waals surface area contributed by atoms with Gasteiger partial charge < -0.3 is 10.6 Å². The second-order valence-electron chi connectivity index (χ2n) is 6.94. The Hall–Kier alpha value is -1.88. The summed E-state index contributed by atoms with van der Waals surface area (Å²) in [5.41, 5.74) is 2.38.